The normalized spacial score (nSPS) is 30.6. The van der Waals surface area contributed by atoms with Gasteiger partial charge in [0.25, 0.3) is 0 Å². The lowest BCUT2D eigenvalue weighted by molar-refractivity contribution is 0.574. The molecule has 0 fully saturated rings. The largest absolute Gasteiger partial charge is 0.0992 e. The van der Waals surface area contributed by atoms with Crippen molar-refractivity contribution in [3.05, 3.63) is 12.2 Å². The highest BCUT2D eigenvalue weighted by atomic mass is 14.2. The van der Waals surface area contributed by atoms with E-state index in [1.807, 2.05) is 0 Å². The highest BCUT2D eigenvalue weighted by Gasteiger charge is 2.13. The molecule has 54 valence electrons. The molecule has 0 heteroatoms. The second-order valence-electron chi connectivity index (χ2n) is 2.76. The lowest BCUT2D eigenvalue weighted by Crippen LogP contribution is -1.94. The average molecular weight is 134 g/mol. The topological polar surface area (TPSA) is 0 Å². The van der Waals surface area contributed by atoms with Gasteiger partial charge in [0, 0.05) is 11.8 Å². The summed E-state index contributed by atoms with van der Waals surface area (Å²) in [4.78, 5) is 0. The Morgan fingerprint density at radius 3 is 2.80 bits per heavy atom. The first kappa shape index (κ1) is 7.41. The minimum absolute atomic E-state index is 0.551. The van der Waals surface area contributed by atoms with Crippen LogP contribution in [0.4, 0.5) is 0 Å². The van der Waals surface area contributed by atoms with E-state index in [4.69, 9.17) is 0 Å². The summed E-state index contributed by atoms with van der Waals surface area (Å²) in [5.41, 5.74) is 0. The van der Waals surface area contributed by atoms with Crippen LogP contribution in [0.5, 0.6) is 0 Å². The minimum atomic E-state index is 0.551. The first-order valence-electron chi connectivity index (χ1n) is 4.00. The van der Waals surface area contributed by atoms with Crippen LogP contribution >= 0.6 is 0 Å². The van der Waals surface area contributed by atoms with E-state index in [1.165, 1.54) is 12.8 Å². The first-order chi connectivity index (χ1) is 4.86. The Hall–Kier alpha value is -0.700. The minimum Gasteiger partial charge on any atom is -0.0992 e. The molecule has 2 atom stereocenters. The molecule has 0 saturated heterocycles. The van der Waals surface area contributed by atoms with Gasteiger partial charge < -0.3 is 0 Å². The van der Waals surface area contributed by atoms with Crippen LogP contribution in [0.1, 0.15) is 26.7 Å². The Kier molecular flexibility index (Phi) is 2.57. The van der Waals surface area contributed by atoms with Crippen LogP contribution in [0.3, 0.4) is 0 Å². The summed E-state index contributed by atoms with van der Waals surface area (Å²) in [6.45, 7) is 4.26. The molecule has 0 spiro atoms. The Morgan fingerprint density at radius 1 is 1.50 bits per heavy atom. The van der Waals surface area contributed by atoms with Crippen molar-refractivity contribution >= 4 is 0 Å². The number of rotatable bonds is 2. The lowest BCUT2D eigenvalue weighted by atomic mass is 10.0. The SMILES string of the molecule is C/C=C/C1C#CC(CC)C1. The molecule has 0 N–H and O–H groups in total. The summed E-state index contributed by atoms with van der Waals surface area (Å²) in [6, 6.07) is 0. The highest BCUT2D eigenvalue weighted by molar-refractivity contribution is 5.19. The Balaban J connectivity index is 2.41. The molecule has 0 radical (unpaired) electrons. The van der Waals surface area contributed by atoms with Gasteiger partial charge in [-0.25, -0.2) is 0 Å². The lowest BCUT2D eigenvalue weighted by Gasteiger charge is -2.02. The third-order valence-electron chi connectivity index (χ3n) is 1.93. The fourth-order valence-corrected chi connectivity index (χ4v) is 1.28. The predicted octanol–water partition coefficient (Wildman–Crippen LogP) is 2.61. The third kappa shape index (κ3) is 1.64. The fourth-order valence-electron chi connectivity index (χ4n) is 1.28. The second-order valence-corrected chi connectivity index (χ2v) is 2.76. The van der Waals surface area contributed by atoms with E-state index in [0.29, 0.717) is 11.8 Å². The van der Waals surface area contributed by atoms with Crippen LogP contribution in [0, 0.1) is 23.7 Å². The van der Waals surface area contributed by atoms with E-state index in [9.17, 15) is 0 Å². The Morgan fingerprint density at radius 2 is 2.30 bits per heavy atom. The molecule has 0 nitrogen and oxygen atoms in total. The van der Waals surface area contributed by atoms with Gasteiger partial charge in [-0.3, -0.25) is 0 Å². The monoisotopic (exact) mass is 134 g/mol. The molecule has 1 aliphatic carbocycles. The van der Waals surface area contributed by atoms with Gasteiger partial charge in [0.05, 0.1) is 0 Å². The van der Waals surface area contributed by atoms with Crippen molar-refractivity contribution in [1.29, 1.82) is 0 Å². The van der Waals surface area contributed by atoms with Gasteiger partial charge in [0.2, 0.25) is 0 Å². The van der Waals surface area contributed by atoms with Crippen molar-refractivity contribution in [3.8, 4) is 11.8 Å². The van der Waals surface area contributed by atoms with Crippen molar-refractivity contribution in [3.63, 3.8) is 0 Å². The van der Waals surface area contributed by atoms with Crippen molar-refractivity contribution in [2.24, 2.45) is 11.8 Å². The maximum absolute atomic E-state index is 3.24. The van der Waals surface area contributed by atoms with Gasteiger partial charge in [0.15, 0.2) is 0 Å². The standard InChI is InChI=1S/C10H14/c1-3-5-10-7-6-9(4-2)8-10/h3,5,9-10H,4,8H2,1-2H3/b5-3+. The van der Waals surface area contributed by atoms with E-state index in [2.05, 4.69) is 37.8 Å². The zero-order valence-electron chi connectivity index (χ0n) is 6.72. The van der Waals surface area contributed by atoms with E-state index in [1.54, 1.807) is 0 Å². The summed E-state index contributed by atoms with van der Waals surface area (Å²) in [5, 5.41) is 0. The Labute approximate surface area is 63.3 Å². The van der Waals surface area contributed by atoms with Gasteiger partial charge in [-0.2, -0.15) is 0 Å². The quantitative estimate of drug-likeness (QED) is 0.402. The van der Waals surface area contributed by atoms with Crippen molar-refractivity contribution < 1.29 is 0 Å². The van der Waals surface area contributed by atoms with E-state index in [0.717, 1.165) is 0 Å². The number of hydrogen-bond acceptors (Lipinski definition) is 0. The molecule has 0 aromatic rings. The molecule has 10 heavy (non-hydrogen) atoms. The maximum atomic E-state index is 3.24. The molecule has 0 amide bonds. The van der Waals surface area contributed by atoms with Crippen LogP contribution in [0.25, 0.3) is 0 Å². The van der Waals surface area contributed by atoms with Crippen molar-refractivity contribution in [2.45, 2.75) is 26.7 Å². The predicted molar refractivity (Wildman–Crippen MR) is 44.5 cm³/mol. The molecule has 0 bridgehead atoms. The van der Waals surface area contributed by atoms with Gasteiger partial charge in [-0.05, 0) is 19.8 Å². The molecule has 0 aromatic carbocycles. The fraction of sp³-hybridized carbons (Fsp3) is 0.600. The van der Waals surface area contributed by atoms with Crippen LogP contribution in [-0.4, -0.2) is 0 Å². The smallest absolute Gasteiger partial charge is 0.0394 e. The molecule has 0 aliphatic heterocycles. The van der Waals surface area contributed by atoms with Crippen LogP contribution in [-0.2, 0) is 0 Å². The maximum Gasteiger partial charge on any atom is 0.0394 e. The summed E-state index contributed by atoms with van der Waals surface area (Å²) < 4.78 is 0. The number of allylic oxidation sites excluding steroid dienone is 2. The zero-order chi connectivity index (χ0) is 7.40. The van der Waals surface area contributed by atoms with Crippen LogP contribution < -0.4 is 0 Å². The van der Waals surface area contributed by atoms with Crippen molar-refractivity contribution in [2.75, 3.05) is 0 Å². The van der Waals surface area contributed by atoms with Crippen LogP contribution in [0.2, 0.25) is 0 Å². The molecule has 0 saturated carbocycles. The van der Waals surface area contributed by atoms with E-state index in [-0.39, 0.29) is 0 Å². The van der Waals surface area contributed by atoms with Gasteiger partial charge in [-0.1, -0.05) is 30.9 Å². The highest BCUT2D eigenvalue weighted by Crippen LogP contribution is 2.20. The van der Waals surface area contributed by atoms with Gasteiger partial charge in [0.1, 0.15) is 0 Å². The molecular weight excluding hydrogens is 120 g/mol. The molecule has 1 aliphatic rings. The van der Waals surface area contributed by atoms with E-state index < -0.39 is 0 Å². The molecule has 1 rings (SSSR count). The molecule has 2 unspecified atom stereocenters. The second kappa shape index (κ2) is 3.46. The average Bonchev–Trinajstić information content (AvgIpc) is 2.37. The van der Waals surface area contributed by atoms with Gasteiger partial charge in [-0.15, -0.1) is 0 Å². The number of hydrogen-bond donors (Lipinski definition) is 0. The summed E-state index contributed by atoms with van der Waals surface area (Å²) in [6.07, 6.45) is 6.72. The Bertz CT molecular complexity index is 178. The summed E-state index contributed by atoms with van der Waals surface area (Å²) in [7, 11) is 0. The molecular formula is C10H14. The van der Waals surface area contributed by atoms with E-state index >= 15 is 0 Å². The molecule has 0 aromatic heterocycles. The van der Waals surface area contributed by atoms with Crippen LogP contribution in [0.15, 0.2) is 12.2 Å². The summed E-state index contributed by atoms with van der Waals surface area (Å²) in [5.74, 6) is 7.68. The van der Waals surface area contributed by atoms with Crippen molar-refractivity contribution in [1.82, 2.24) is 0 Å². The first-order valence-corrected chi connectivity index (χ1v) is 4.00. The summed E-state index contributed by atoms with van der Waals surface area (Å²) >= 11 is 0. The third-order valence-corrected chi connectivity index (χ3v) is 1.93. The van der Waals surface area contributed by atoms with Gasteiger partial charge >= 0.3 is 0 Å². The zero-order valence-corrected chi connectivity index (χ0v) is 6.72. The molecule has 0 heterocycles.